The maximum Gasteiger partial charge on any atom is 0.121 e. The Morgan fingerprint density at radius 2 is 2.29 bits per heavy atom. The number of nitrogens with zero attached hydrogens (tertiary/aromatic N) is 1. The van der Waals surface area contributed by atoms with Crippen molar-refractivity contribution in [1.82, 2.24) is 15.3 Å². The molecule has 2 rings (SSSR count). The molecular formula is C10H12BrN3. The van der Waals surface area contributed by atoms with Crippen LogP contribution >= 0.6 is 15.9 Å². The molecule has 0 aliphatic heterocycles. The van der Waals surface area contributed by atoms with Crippen molar-refractivity contribution in [3.05, 3.63) is 28.0 Å². The Hall–Kier alpha value is -0.870. The van der Waals surface area contributed by atoms with Crippen molar-refractivity contribution in [2.24, 2.45) is 0 Å². The molecule has 0 spiro atoms. The lowest BCUT2D eigenvalue weighted by molar-refractivity contribution is 0.775. The van der Waals surface area contributed by atoms with Gasteiger partial charge in [-0.25, -0.2) is 4.98 Å². The van der Waals surface area contributed by atoms with Crippen molar-refractivity contribution in [3.63, 3.8) is 0 Å². The molecule has 0 saturated heterocycles. The molecule has 1 aromatic heterocycles. The maximum atomic E-state index is 4.46. The van der Waals surface area contributed by atoms with E-state index in [0.717, 1.165) is 27.9 Å². The SMILES string of the molecule is CNCc1nc2cc(Br)c(C)cc2[nH]1. The first-order valence-electron chi connectivity index (χ1n) is 4.50. The van der Waals surface area contributed by atoms with E-state index in [1.165, 1.54) is 5.56 Å². The van der Waals surface area contributed by atoms with Crippen LogP contribution in [-0.4, -0.2) is 17.0 Å². The molecule has 0 aliphatic rings. The van der Waals surface area contributed by atoms with Crippen LogP contribution in [0.15, 0.2) is 16.6 Å². The fourth-order valence-electron chi connectivity index (χ4n) is 1.44. The Balaban J connectivity index is 2.54. The van der Waals surface area contributed by atoms with E-state index in [1.54, 1.807) is 0 Å². The second kappa shape index (κ2) is 3.71. The quantitative estimate of drug-likeness (QED) is 0.863. The first kappa shape index (κ1) is 9.68. The summed E-state index contributed by atoms with van der Waals surface area (Å²) in [6.45, 7) is 2.84. The summed E-state index contributed by atoms with van der Waals surface area (Å²) < 4.78 is 1.10. The maximum absolute atomic E-state index is 4.46. The van der Waals surface area contributed by atoms with Crippen molar-refractivity contribution >= 4 is 27.0 Å². The summed E-state index contributed by atoms with van der Waals surface area (Å²) in [5, 5.41) is 3.07. The van der Waals surface area contributed by atoms with Gasteiger partial charge in [0, 0.05) is 4.47 Å². The molecular weight excluding hydrogens is 242 g/mol. The Labute approximate surface area is 91.1 Å². The molecule has 0 atom stereocenters. The monoisotopic (exact) mass is 253 g/mol. The van der Waals surface area contributed by atoms with Crippen LogP contribution < -0.4 is 5.32 Å². The zero-order chi connectivity index (χ0) is 10.1. The first-order chi connectivity index (χ1) is 6.70. The number of nitrogens with one attached hydrogen (secondary N) is 2. The standard InChI is InChI=1S/C10H12BrN3/c1-6-3-8-9(4-7(6)11)14-10(13-8)5-12-2/h3-4,12H,5H2,1-2H3,(H,13,14). The van der Waals surface area contributed by atoms with Crippen LogP contribution in [0.1, 0.15) is 11.4 Å². The molecule has 0 aliphatic carbocycles. The average molecular weight is 254 g/mol. The summed E-state index contributed by atoms with van der Waals surface area (Å²) in [7, 11) is 1.91. The number of benzene rings is 1. The van der Waals surface area contributed by atoms with Gasteiger partial charge in [0.25, 0.3) is 0 Å². The van der Waals surface area contributed by atoms with Crippen LogP contribution in [-0.2, 0) is 6.54 Å². The van der Waals surface area contributed by atoms with Crippen LogP contribution in [0.2, 0.25) is 0 Å². The zero-order valence-electron chi connectivity index (χ0n) is 8.19. The second-order valence-electron chi connectivity index (χ2n) is 3.33. The van der Waals surface area contributed by atoms with Gasteiger partial charge in [0.05, 0.1) is 17.6 Å². The number of hydrogen-bond donors (Lipinski definition) is 2. The van der Waals surface area contributed by atoms with Gasteiger partial charge in [0.2, 0.25) is 0 Å². The summed E-state index contributed by atoms with van der Waals surface area (Å²) in [5.41, 5.74) is 3.32. The summed E-state index contributed by atoms with van der Waals surface area (Å²) in [5.74, 6) is 0.972. The molecule has 4 heteroatoms. The molecule has 2 aromatic rings. The number of fused-ring (bicyclic) bond motifs is 1. The minimum atomic E-state index is 0.769. The third-order valence-electron chi connectivity index (χ3n) is 2.16. The smallest absolute Gasteiger partial charge is 0.121 e. The molecule has 3 nitrogen and oxygen atoms in total. The van der Waals surface area contributed by atoms with E-state index < -0.39 is 0 Å². The highest BCUT2D eigenvalue weighted by Gasteiger charge is 2.04. The average Bonchev–Trinajstić information content (AvgIpc) is 2.48. The van der Waals surface area contributed by atoms with Crippen LogP contribution in [0, 0.1) is 6.92 Å². The molecule has 1 heterocycles. The summed E-state index contributed by atoms with van der Waals surface area (Å²) in [6, 6.07) is 4.14. The van der Waals surface area contributed by atoms with E-state index in [0.29, 0.717) is 0 Å². The largest absolute Gasteiger partial charge is 0.341 e. The molecule has 0 radical (unpaired) electrons. The van der Waals surface area contributed by atoms with Gasteiger partial charge in [0.1, 0.15) is 5.82 Å². The Morgan fingerprint density at radius 3 is 3.00 bits per heavy atom. The molecule has 74 valence electrons. The number of H-pyrrole nitrogens is 1. The van der Waals surface area contributed by atoms with Crippen molar-refractivity contribution in [2.45, 2.75) is 13.5 Å². The van der Waals surface area contributed by atoms with Gasteiger partial charge in [-0.15, -0.1) is 0 Å². The topological polar surface area (TPSA) is 40.7 Å². The molecule has 2 N–H and O–H groups in total. The van der Waals surface area contributed by atoms with E-state index in [4.69, 9.17) is 0 Å². The van der Waals surface area contributed by atoms with Crippen LogP contribution in [0.3, 0.4) is 0 Å². The molecule has 0 amide bonds. The number of aromatic nitrogens is 2. The predicted molar refractivity (Wildman–Crippen MR) is 61.3 cm³/mol. The Kier molecular flexibility index (Phi) is 2.56. The van der Waals surface area contributed by atoms with Gasteiger partial charge >= 0.3 is 0 Å². The number of halogens is 1. The second-order valence-corrected chi connectivity index (χ2v) is 4.19. The van der Waals surface area contributed by atoms with Gasteiger partial charge < -0.3 is 10.3 Å². The highest BCUT2D eigenvalue weighted by molar-refractivity contribution is 9.10. The molecule has 0 saturated carbocycles. The normalized spacial score (nSPS) is 11.1. The van der Waals surface area contributed by atoms with E-state index in [2.05, 4.69) is 44.2 Å². The molecule has 1 aromatic carbocycles. The zero-order valence-corrected chi connectivity index (χ0v) is 9.77. The Morgan fingerprint density at radius 1 is 1.50 bits per heavy atom. The highest BCUT2D eigenvalue weighted by atomic mass is 79.9. The minimum Gasteiger partial charge on any atom is -0.341 e. The Bertz CT molecular complexity index is 423. The number of aromatic amines is 1. The van der Waals surface area contributed by atoms with Gasteiger partial charge in [0.15, 0.2) is 0 Å². The molecule has 14 heavy (non-hydrogen) atoms. The van der Waals surface area contributed by atoms with Gasteiger partial charge in [-0.1, -0.05) is 15.9 Å². The lowest BCUT2D eigenvalue weighted by Gasteiger charge is -1.95. The fraction of sp³-hybridized carbons (Fsp3) is 0.300. The summed E-state index contributed by atoms with van der Waals surface area (Å²) in [4.78, 5) is 7.73. The fourth-order valence-corrected chi connectivity index (χ4v) is 1.77. The van der Waals surface area contributed by atoms with Gasteiger partial charge in [-0.3, -0.25) is 0 Å². The van der Waals surface area contributed by atoms with E-state index in [-0.39, 0.29) is 0 Å². The van der Waals surface area contributed by atoms with E-state index >= 15 is 0 Å². The molecule has 0 unspecified atom stereocenters. The summed E-state index contributed by atoms with van der Waals surface area (Å²) >= 11 is 3.50. The first-order valence-corrected chi connectivity index (χ1v) is 5.29. The van der Waals surface area contributed by atoms with Crippen LogP contribution in [0.5, 0.6) is 0 Å². The van der Waals surface area contributed by atoms with Gasteiger partial charge in [-0.05, 0) is 31.7 Å². The highest BCUT2D eigenvalue weighted by Crippen LogP contribution is 2.22. The van der Waals surface area contributed by atoms with Gasteiger partial charge in [-0.2, -0.15) is 0 Å². The van der Waals surface area contributed by atoms with Crippen LogP contribution in [0.4, 0.5) is 0 Å². The lowest BCUT2D eigenvalue weighted by atomic mass is 10.2. The molecule has 0 fully saturated rings. The number of aryl methyl sites for hydroxylation is 1. The van der Waals surface area contributed by atoms with Crippen molar-refractivity contribution in [2.75, 3.05) is 7.05 Å². The van der Waals surface area contributed by atoms with Crippen molar-refractivity contribution in [1.29, 1.82) is 0 Å². The van der Waals surface area contributed by atoms with Crippen molar-refractivity contribution < 1.29 is 0 Å². The predicted octanol–water partition coefficient (Wildman–Crippen LogP) is 2.35. The third kappa shape index (κ3) is 1.67. The minimum absolute atomic E-state index is 0.769. The lowest BCUT2D eigenvalue weighted by Crippen LogP contribution is -2.06. The summed E-state index contributed by atoms with van der Waals surface area (Å²) in [6.07, 6.45) is 0. The van der Waals surface area contributed by atoms with E-state index in [1.807, 2.05) is 13.1 Å². The van der Waals surface area contributed by atoms with Crippen LogP contribution in [0.25, 0.3) is 11.0 Å². The molecule has 0 bridgehead atoms. The number of imidazole rings is 1. The third-order valence-corrected chi connectivity index (χ3v) is 3.01. The number of rotatable bonds is 2. The number of hydrogen-bond acceptors (Lipinski definition) is 2. The van der Waals surface area contributed by atoms with Crippen molar-refractivity contribution in [3.8, 4) is 0 Å². The van der Waals surface area contributed by atoms with E-state index in [9.17, 15) is 0 Å².